The summed E-state index contributed by atoms with van der Waals surface area (Å²) in [6.45, 7) is 3.91. The molecule has 5 heteroatoms. The predicted molar refractivity (Wildman–Crippen MR) is 232 cm³/mol. The molecule has 0 aliphatic carbocycles. The fourth-order valence-corrected chi connectivity index (χ4v) is 5.64. The molecule has 0 spiro atoms. The van der Waals surface area contributed by atoms with E-state index in [1.807, 2.05) is 6.08 Å². The normalized spacial score (nSPS) is 13.2. The molecule has 0 heterocycles. The summed E-state index contributed by atoms with van der Waals surface area (Å²) >= 11 is 0. The fourth-order valence-electron chi connectivity index (χ4n) is 5.64. The summed E-state index contributed by atoms with van der Waals surface area (Å²) in [5.41, 5.74) is 0. The Hall–Kier alpha value is -3.18. The highest BCUT2D eigenvalue weighted by atomic mass is 16.6. The van der Waals surface area contributed by atoms with E-state index in [0.29, 0.717) is 6.42 Å². The molecule has 0 fully saturated rings. The van der Waals surface area contributed by atoms with E-state index in [9.17, 15) is 14.7 Å². The lowest BCUT2D eigenvalue weighted by atomic mass is 10.1. The van der Waals surface area contributed by atoms with Crippen LogP contribution < -0.4 is 0 Å². The van der Waals surface area contributed by atoms with Crippen LogP contribution in [0.25, 0.3) is 0 Å². The maximum absolute atomic E-state index is 12.1. The second-order valence-corrected chi connectivity index (χ2v) is 14.1. The van der Waals surface area contributed by atoms with Crippen LogP contribution in [-0.2, 0) is 19.1 Å². The lowest BCUT2D eigenvalue weighted by Crippen LogP contribution is -2.28. The molecular formula is C49H80O5. The van der Waals surface area contributed by atoms with Gasteiger partial charge in [0.1, 0.15) is 6.61 Å². The summed E-state index contributed by atoms with van der Waals surface area (Å²) in [6.07, 6.45) is 62.2. The third kappa shape index (κ3) is 41.6. The highest BCUT2D eigenvalue weighted by molar-refractivity contribution is 5.71. The SMILES string of the molecule is CC/C=C\C/C=C\C/C=C\C/C=C\C/C=C\CC(=O)OC(CO)COC(=O)CCCCCCCCCCCC/C=C\C/C=C\C/C=C\CCCCCCC. The maximum Gasteiger partial charge on any atom is 0.310 e. The molecule has 0 saturated carbocycles. The van der Waals surface area contributed by atoms with Crippen LogP contribution in [0.2, 0.25) is 0 Å². The molecule has 0 aromatic heterocycles. The number of aliphatic hydroxyl groups is 1. The Bertz CT molecular complexity index is 1070. The van der Waals surface area contributed by atoms with Crippen molar-refractivity contribution in [1.29, 1.82) is 0 Å². The molecule has 5 nitrogen and oxygen atoms in total. The van der Waals surface area contributed by atoms with Gasteiger partial charge in [0, 0.05) is 6.42 Å². The standard InChI is InChI=1S/C49H80O5/c1-3-5-7-9-11-13-15-17-19-20-21-22-23-24-25-26-27-28-30-31-33-35-37-39-41-43-48(51)53-46-47(45-50)54-49(52)44-42-40-38-36-34-32-29-18-16-14-12-10-8-6-4-2/h6,8,12,14-15,17-18,20-21,23-24,29,34,36,40,42,47,50H,3-5,7,9-11,13,16,19,22,25-28,30-33,35,37-39,41,43-46H2,1-2H3/b8-6-,14-12-,17-15-,21-20-,24-23-,29-18-,36-34-,42-40-. The van der Waals surface area contributed by atoms with Gasteiger partial charge < -0.3 is 14.6 Å². The number of unbranched alkanes of at least 4 members (excludes halogenated alkanes) is 15. The fraction of sp³-hybridized carbons (Fsp3) is 0.633. The lowest BCUT2D eigenvalue weighted by Gasteiger charge is -2.15. The van der Waals surface area contributed by atoms with Crippen LogP contribution in [-0.4, -0.2) is 36.4 Å². The predicted octanol–water partition coefficient (Wildman–Crippen LogP) is 14.1. The molecule has 0 radical (unpaired) electrons. The van der Waals surface area contributed by atoms with Crippen molar-refractivity contribution in [3.63, 3.8) is 0 Å². The molecule has 0 aromatic rings. The molecule has 306 valence electrons. The van der Waals surface area contributed by atoms with Gasteiger partial charge in [-0.05, 0) is 77.0 Å². The Morgan fingerprint density at radius 1 is 0.463 bits per heavy atom. The van der Waals surface area contributed by atoms with Crippen LogP contribution in [0.4, 0.5) is 0 Å². The second-order valence-electron chi connectivity index (χ2n) is 14.1. The van der Waals surface area contributed by atoms with Gasteiger partial charge in [-0.2, -0.15) is 0 Å². The van der Waals surface area contributed by atoms with Crippen LogP contribution in [0, 0.1) is 0 Å². The van der Waals surface area contributed by atoms with Gasteiger partial charge in [-0.25, -0.2) is 0 Å². The Morgan fingerprint density at radius 2 is 0.852 bits per heavy atom. The van der Waals surface area contributed by atoms with E-state index in [-0.39, 0.29) is 25.6 Å². The van der Waals surface area contributed by atoms with Crippen molar-refractivity contribution in [1.82, 2.24) is 0 Å². The number of hydrogen-bond donors (Lipinski definition) is 1. The average Bonchev–Trinajstić information content (AvgIpc) is 3.17. The third-order valence-electron chi connectivity index (χ3n) is 8.89. The number of rotatable bonds is 38. The minimum absolute atomic E-state index is 0.113. The summed E-state index contributed by atoms with van der Waals surface area (Å²) in [6, 6.07) is 0. The summed E-state index contributed by atoms with van der Waals surface area (Å²) in [7, 11) is 0. The van der Waals surface area contributed by atoms with Crippen LogP contribution in [0.5, 0.6) is 0 Å². The van der Waals surface area contributed by atoms with Gasteiger partial charge in [0.15, 0.2) is 6.10 Å². The van der Waals surface area contributed by atoms with Crippen molar-refractivity contribution < 1.29 is 24.2 Å². The lowest BCUT2D eigenvalue weighted by molar-refractivity contribution is -0.160. The second kappa shape index (κ2) is 44.2. The maximum atomic E-state index is 12.1. The first-order valence-corrected chi connectivity index (χ1v) is 21.8. The number of aliphatic hydroxyl groups excluding tert-OH is 1. The Labute approximate surface area is 332 Å². The zero-order chi connectivity index (χ0) is 39.3. The molecule has 0 saturated heterocycles. The van der Waals surface area contributed by atoms with Gasteiger partial charge in [-0.3, -0.25) is 9.59 Å². The Kier molecular flexibility index (Phi) is 41.6. The monoisotopic (exact) mass is 749 g/mol. The van der Waals surface area contributed by atoms with Crippen molar-refractivity contribution in [2.45, 2.75) is 187 Å². The van der Waals surface area contributed by atoms with Gasteiger partial charge >= 0.3 is 11.9 Å². The largest absolute Gasteiger partial charge is 0.462 e. The van der Waals surface area contributed by atoms with Gasteiger partial charge in [0.25, 0.3) is 0 Å². The number of hydrogen-bond acceptors (Lipinski definition) is 5. The number of ether oxygens (including phenoxy) is 2. The Morgan fingerprint density at radius 3 is 1.30 bits per heavy atom. The summed E-state index contributed by atoms with van der Waals surface area (Å²) in [4.78, 5) is 24.2. The minimum atomic E-state index is -0.833. The zero-order valence-corrected chi connectivity index (χ0v) is 34.7. The van der Waals surface area contributed by atoms with E-state index in [0.717, 1.165) is 64.2 Å². The van der Waals surface area contributed by atoms with Crippen molar-refractivity contribution >= 4 is 11.9 Å². The molecule has 1 unspecified atom stereocenters. The molecule has 0 aliphatic heterocycles. The summed E-state index contributed by atoms with van der Waals surface area (Å²) in [5.74, 6) is -0.750. The molecule has 0 aliphatic rings. The van der Waals surface area contributed by atoms with Crippen LogP contribution in [0.15, 0.2) is 97.2 Å². The van der Waals surface area contributed by atoms with Gasteiger partial charge in [-0.1, -0.05) is 188 Å². The molecular weight excluding hydrogens is 669 g/mol. The number of allylic oxidation sites excluding steroid dienone is 15. The van der Waals surface area contributed by atoms with E-state index in [1.165, 1.54) is 89.9 Å². The van der Waals surface area contributed by atoms with Crippen LogP contribution >= 0.6 is 0 Å². The van der Waals surface area contributed by atoms with Crippen LogP contribution in [0.1, 0.15) is 181 Å². The van der Waals surface area contributed by atoms with Gasteiger partial charge in [-0.15, -0.1) is 0 Å². The third-order valence-corrected chi connectivity index (χ3v) is 8.89. The number of carbonyl (C=O) groups excluding carboxylic acids is 2. The molecule has 0 amide bonds. The van der Waals surface area contributed by atoms with Gasteiger partial charge in [0.2, 0.25) is 0 Å². The van der Waals surface area contributed by atoms with Crippen molar-refractivity contribution in [2.24, 2.45) is 0 Å². The molecule has 1 atom stereocenters. The van der Waals surface area contributed by atoms with Crippen molar-refractivity contribution in [3.8, 4) is 0 Å². The molecule has 0 rings (SSSR count). The number of carbonyl (C=O) groups is 2. The summed E-state index contributed by atoms with van der Waals surface area (Å²) in [5, 5.41) is 9.55. The topological polar surface area (TPSA) is 72.8 Å². The zero-order valence-electron chi connectivity index (χ0n) is 34.7. The minimum Gasteiger partial charge on any atom is -0.462 e. The van der Waals surface area contributed by atoms with Crippen molar-refractivity contribution in [2.75, 3.05) is 13.2 Å². The van der Waals surface area contributed by atoms with E-state index < -0.39 is 12.1 Å². The molecule has 1 N–H and O–H groups in total. The summed E-state index contributed by atoms with van der Waals surface area (Å²) < 4.78 is 10.5. The van der Waals surface area contributed by atoms with E-state index in [2.05, 4.69) is 98.9 Å². The first-order valence-electron chi connectivity index (χ1n) is 21.8. The van der Waals surface area contributed by atoms with E-state index >= 15 is 0 Å². The highest BCUT2D eigenvalue weighted by Gasteiger charge is 2.15. The molecule has 0 bridgehead atoms. The molecule has 0 aromatic carbocycles. The van der Waals surface area contributed by atoms with Crippen LogP contribution in [0.3, 0.4) is 0 Å². The highest BCUT2D eigenvalue weighted by Crippen LogP contribution is 2.13. The Balaban J connectivity index is 3.64. The average molecular weight is 749 g/mol. The first-order chi connectivity index (χ1) is 26.6. The number of esters is 2. The quantitative estimate of drug-likeness (QED) is 0.0387. The van der Waals surface area contributed by atoms with E-state index in [1.54, 1.807) is 6.08 Å². The van der Waals surface area contributed by atoms with E-state index in [4.69, 9.17) is 9.47 Å². The first kappa shape index (κ1) is 50.8. The van der Waals surface area contributed by atoms with Crippen molar-refractivity contribution in [3.05, 3.63) is 97.2 Å². The van der Waals surface area contributed by atoms with Gasteiger partial charge in [0.05, 0.1) is 13.0 Å². The smallest absolute Gasteiger partial charge is 0.310 e. The molecule has 54 heavy (non-hydrogen) atoms.